The lowest BCUT2D eigenvalue weighted by atomic mass is 10.1. The van der Waals surface area contributed by atoms with Crippen molar-refractivity contribution in [2.24, 2.45) is 0 Å². The third kappa shape index (κ3) is 2.74. The number of halogens is 1. The Hall–Kier alpha value is -0.500. The molecule has 78 valence electrons. The molecule has 0 saturated carbocycles. The molecule has 0 bridgehead atoms. The van der Waals surface area contributed by atoms with E-state index in [1.807, 2.05) is 0 Å². The number of benzene rings is 1. The zero-order valence-electron chi connectivity index (χ0n) is 9.18. The second-order valence-corrected chi connectivity index (χ2v) is 4.50. The SMILES string of the molecule is Cc1cccc(C)c1N(C)CCCBr. The minimum atomic E-state index is 1.07. The second-order valence-electron chi connectivity index (χ2n) is 3.70. The normalized spacial score (nSPS) is 10.3. The number of rotatable bonds is 4. The Morgan fingerprint density at radius 1 is 1.21 bits per heavy atom. The zero-order chi connectivity index (χ0) is 10.6. The van der Waals surface area contributed by atoms with Gasteiger partial charge in [-0.2, -0.15) is 0 Å². The smallest absolute Gasteiger partial charge is 0.0423 e. The number of anilines is 1. The minimum absolute atomic E-state index is 1.07. The molecule has 1 rings (SSSR count). The number of alkyl halides is 1. The fraction of sp³-hybridized carbons (Fsp3) is 0.500. The van der Waals surface area contributed by atoms with Crippen LogP contribution in [0.15, 0.2) is 18.2 Å². The molecule has 2 heteroatoms. The van der Waals surface area contributed by atoms with E-state index in [1.165, 1.54) is 23.2 Å². The van der Waals surface area contributed by atoms with E-state index in [0.717, 1.165) is 11.9 Å². The van der Waals surface area contributed by atoms with Gasteiger partial charge in [0.15, 0.2) is 0 Å². The maximum absolute atomic E-state index is 3.46. The summed E-state index contributed by atoms with van der Waals surface area (Å²) in [7, 11) is 2.16. The van der Waals surface area contributed by atoms with Crippen LogP contribution in [0.1, 0.15) is 17.5 Å². The number of hydrogen-bond acceptors (Lipinski definition) is 1. The van der Waals surface area contributed by atoms with Crippen molar-refractivity contribution in [2.45, 2.75) is 20.3 Å². The van der Waals surface area contributed by atoms with Gasteiger partial charge in [-0.15, -0.1) is 0 Å². The van der Waals surface area contributed by atoms with Gasteiger partial charge in [0, 0.05) is 24.6 Å². The molecule has 14 heavy (non-hydrogen) atoms. The molecule has 0 spiro atoms. The van der Waals surface area contributed by atoms with Crippen LogP contribution in [-0.4, -0.2) is 18.9 Å². The molecule has 0 atom stereocenters. The van der Waals surface area contributed by atoms with Crippen LogP contribution >= 0.6 is 15.9 Å². The van der Waals surface area contributed by atoms with Crippen LogP contribution in [0.25, 0.3) is 0 Å². The highest BCUT2D eigenvalue weighted by Gasteiger charge is 2.06. The number of aryl methyl sites for hydroxylation is 2. The Morgan fingerprint density at radius 2 is 1.79 bits per heavy atom. The van der Waals surface area contributed by atoms with Crippen LogP contribution in [0.5, 0.6) is 0 Å². The van der Waals surface area contributed by atoms with E-state index >= 15 is 0 Å². The summed E-state index contributed by atoms with van der Waals surface area (Å²) in [5, 5.41) is 1.07. The Bertz CT molecular complexity index is 276. The molecule has 1 nitrogen and oxygen atoms in total. The highest BCUT2D eigenvalue weighted by molar-refractivity contribution is 9.09. The van der Waals surface area contributed by atoms with Gasteiger partial charge >= 0.3 is 0 Å². The van der Waals surface area contributed by atoms with Gasteiger partial charge in [0.25, 0.3) is 0 Å². The van der Waals surface area contributed by atoms with Crippen molar-refractivity contribution < 1.29 is 0 Å². The Labute approximate surface area is 95.2 Å². The summed E-state index contributed by atoms with van der Waals surface area (Å²) < 4.78 is 0. The zero-order valence-corrected chi connectivity index (χ0v) is 10.8. The fourth-order valence-corrected chi connectivity index (χ4v) is 2.07. The topological polar surface area (TPSA) is 3.24 Å². The van der Waals surface area contributed by atoms with E-state index in [1.54, 1.807) is 0 Å². The highest BCUT2D eigenvalue weighted by atomic mass is 79.9. The quantitative estimate of drug-likeness (QED) is 0.745. The largest absolute Gasteiger partial charge is 0.374 e. The lowest BCUT2D eigenvalue weighted by molar-refractivity contribution is 0.856. The summed E-state index contributed by atoms with van der Waals surface area (Å²) in [5.74, 6) is 0. The van der Waals surface area contributed by atoms with E-state index in [4.69, 9.17) is 0 Å². The molecule has 0 aromatic heterocycles. The van der Waals surface area contributed by atoms with Gasteiger partial charge in [-0.1, -0.05) is 34.1 Å². The molecule has 1 aromatic carbocycles. The number of nitrogens with zero attached hydrogens (tertiary/aromatic N) is 1. The van der Waals surface area contributed by atoms with Gasteiger partial charge in [-0.05, 0) is 31.4 Å². The number of para-hydroxylation sites is 1. The molecule has 1 aromatic rings. The first-order chi connectivity index (χ1) is 6.66. The van der Waals surface area contributed by atoms with Gasteiger partial charge in [0.1, 0.15) is 0 Å². The van der Waals surface area contributed by atoms with Crippen LogP contribution < -0.4 is 4.90 Å². The van der Waals surface area contributed by atoms with Gasteiger partial charge in [0.05, 0.1) is 0 Å². The molecule has 0 aliphatic rings. The third-order valence-corrected chi connectivity index (χ3v) is 3.01. The first-order valence-electron chi connectivity index (χ1n) is 5.00. The first-order valence-corrected chi connectivity index (χ1v) is 6.12. The van der Waals surface area contributed by atoms with E-state index in [2.05, 4.69) is 59.9 Å². The summed E-state index contributed by atoms with van der Waals surface area (Å²) in [6, 6.07) is 6.46. The Balaban J connectivity index is 2.82. The summed E-state index contributed by atoms with van der Waals surface area (Å²) in [4.78, 5) is 2.34. The lowest BCUT2D eigenvalue weighted by Gasteiger charge is -2.23. The van der Waals surface area contributed by atoms with Gasteiger partial charge in [-0.3, -0.25) is 0 Å². The highest BCUT2D eigenvalue weighted by Crippen LogP contribution is 2.23. The summed E-state index contributed by atoms with van der Waals surface area (Å²) in [6.07, 6.45) is 1.18. The van der Waals surface area contributed by atoms with Crippen LogP contribution in [0.2, 0.25) is 0 Å². The fourth-order valence-electron chi connectivity index (χ4n) is 1.82. The van der Waals surface area contributed by atoms with Crippen molar-refractivity contribution in [1.82, 2.24) is 0 Å². The molecule has 0 aliphatic carbocycles. The molecule has 0 aliphatic heterocycles. The summed E-state index contributed by atoms with van der Waals surface area (Å²) >= 11 is 3.46. The molecule has 0 amide bonds. The molecular formula is C12H18BrN. The van der Waals surface area contributed by atoms with Crippen LogP contribution in [-0.2, 0) is 0 Å². The van der Waals surface area contributed by atoms with Gasteiger partial charge in [0.2, 0.25) is 0 Å². The van der Waals surface area contributed by atoms with Crippen molar-refractivity contribution in [1.29, 1.82) is 0 Å². The van der Waals surface area contributed by atoms with Crippen molar-refractivity contribution in [3.05, 3.63) is 29.3 Å². The minimum Gasteiger partial charge on any atom is -0.374 e. The van der Waals surface area contributed by atoms with E-state index < -0.39 is 0 Å². The molecule has 0 unspecified atom stereocenters. The maximum Gasteiger partial charge on any atom is 0.0423 e. The van der Waals surface area contributed by atoms with Crippen LogP contribution in [0.4, 0.5) is 5.69 Å². The maximum atomic E-state index is 3.46. The average Bonchev–Trinajstić information content (AvgIpc) is 2.14. The monoisotopic (exact) mass is 255 g/mol. The van der Waals surface area contributed by atoms with E-state index in [-0.39, 0.29) is 0 Å². The lowest BCUT2D eigenvalue weighted by Crippen LogP contribution is -2.20. The van der Waals surface area contributed by atoms with Crippen molar-refractivity contribution >= 4 is 21.6 Å². The Morgan fingerprint density at radius 3 is 2.29 bits per heavy atom. The first kappa shape index (κ1) is 11.6. The summed E-state index contributed by atoms with van der Waals surface area (Å²) in [6.45, 7) is 5.46. The molecular weight excluding hydrogens is 238 g/mol. The second kappa shape index (κ2) is 5.40. The molecule has 0 fully saturated rings. The predicted molar refractivity (Wildman–Crippen MR) is 67.6 cm³/mol. The average molecular weight is 256 g/mol. The van der Waals surface area contributed by atoms with Crippen molar-refractivity contribution in [3.63, 3.8) is 0 Å². The van der Waals surface area contributed by atoms with Gasteiger partial charge in [-0.25, -0.2) is 0 Å². The number of hydrogen-bond donors (Lipinski definition) is 0. The van der Waals surface area contributed by atoms with Gasteiger partial charge < -0.3 is 4.90 Å². The van der Waals surface area contributed by atoms with E-state index in [0.29, 0.717) is 0 Å². The predicted octanol–water partition coefficient (Wildman–Crippen LogP) is 3.52. The molecule has 0 radical (unpaired) electrons. The van der Waals surface area contributed by atoms with Crippen molar-refractivity contribution in [2.75, 3.05) is 23.8 Å². The Kier molecular flexibility index (Phi) is 4.46. The standard InChI is InChI=1S/C12H18BrN/c1-10-6-4-7-11(2)12(10)14(3)9-5-8-13/h4,6-7H,5,8-9H2,1-3H3. The molecule has 0 saturated heterocycles. The molecule has 0 heterocycles. The van der Waals surface area contributed by atoms with Crippen LogP contribution in [0.3, 0.4) is 0 Å². The summed E-state index contributed by atoms with van der Waals surface area (Å²) in [5.41, 5.74) is 4.11. The third-order valence-electron chi connectivity index (χ3n) is 2.45. The molecule has 0 N–H and O–H groups in total. The van der Waals surface area contributed by atoms with E-state index in [9.17, 15) is 0 Å². The van der Waals surface area contributed by atoms with Crippen LogP contribution in [0, 0.1) is 13.8 Å². The van der Waals surface area contributed by atoms with Crippen molar-refractivity contribution in [3.8, 4) is 0 Å².